The molecular weight excluding hydrogens is 562 g/mol. The van der Waals surface area contributed by atoms with Crippen molar-refractivity contribution in [1.29, 1.82) is 0 Å². The van der Waals surface area contributed by atoms with Gasteiger partial charge in [0, 0.05) is 23.6 Å². The molecule has 0 atom stereocenters. The zero-order valence-corrected chi connectivity index (χ0v) is 19.8. The molecule has 0 saturated heterocycles. The molecule has 0 amide bonds. The smallest absolute Gasteiger partial charge is 0.387 e. The molecule has 2 aromatic carbocycles. The minimum Gasteiger partial charge on any atom is -1.00 e. The Morgan fingerprint density at radius 2 is 1.44 bits per heavy atom. The lowest BCUT2D eigenvalue weighted by Gasteiger charge is -2.05. The normalized spacial score (nSPS) is 10.4. The fraction of sp³-hybridized carbons (Fsp3) is 0.182. The van der Waals surface area contributed by atoms with Crippen LogP contribution in [0.2, 0.25) is 0 Å². The first-order valence-electron chi connectivity index (χ1n) is 8.77. The largest absolute Gasteiger partial charge is 1.00 e. The number of para-hydroxylation sites is 3. The van der Waals surface area contributed by atoms with Gasteiger partial charge in [-0.05, 0) is 32.0 Å². The number of nitrogens with zero attached hydrogens (tertiary/aromatic N) is 2. The maximum atomic E-state index is 6.17. The molecule has 0 radical (unpaired) electrons. The van der Waals surface area contributed by atoms with Gasteiger partial charge in [-0.25, -0.2) is 0 Å². The molecule has 5 heteroatoms. The van der Waals surface area contributed by atoms with Crippen molar-refractivity contribution < 1.29 is 61.5 Å². The van der Waals surface area contributed by atoms with Gasteiger partial charge in [0.15, 0.2) is 5.57 Å². The van der Waals surface area contributed by atoms with E-state index in [1.54, 1.807) is 0 Å². The van der Waals surface area contributed by atoms with E-state index in [1.165, 1.54) is 10.9 Å². The standard InChI is InChI=1S/C22H22N2O.2HI/c1-4-23-18(15-14-17-10-6-7-11-19(17)23)16(3)22-24(5-2)20-12-8-9-13-21(20)25-22;;/h6-15H,3-5H2,1-2H3;2*1H/q+2;;/p-2. The van der Waals surface area contributed by atoms with Crippen LogP contribution in [0.1, 0.15) is 25.4 Å². The average molecular weight is 584 g/mol. The van der Waals surface area contributed by atoms with Crippen LogP contribution in [0, 0.1) is 0 Å². The first kappa shape index (κ1) is 21.8. The first-order valence-corrected chi connectivity index (χ1v) is 8.77. The lowest BCUT2D eigenvalue weighted by Crippen LogP contribution is -3.00. The van der Waals surface area contributed by atoms with Gasteiger partial charge in [-0.1, -0.05) is 30.8 Å². The maximum Gasteiger partial charge on any atom is 0.387 e. The quantitative estimate of drug-likeness (QED) is 0.207. The Bertz CT molecular complexity index is 1100. The fourth-order valence-corrected chi connectivity index (χ4v) is 3.55. The summed E-state index contributed by atoms with van der Waals surface area (Å²) in [5, 5.41) is 1.23. The summed E-state index contributed by atoms with van der Waals surface area (Å²) in [5.41, 5.74) is 5.20. The molecule has 140 valence electrons. The number of benzene rings is 2. The van der Waals surface area contributed by atoms with Gasteiger partial charge >= 0.3 is 5.89 Å². The second kappa shape index (κ2) is 9.14. The highest BCUT2D eigenvalue weighted by molar-refractivity contribution is 5.79. The van der Waals surface area contributed by atoms with Crippen LogP contribution in [-0.2, 0) is 13.1 Å². The van der Waals surface area contributed by atoms with Crippen LogP contribution < -0.4 is 57.1 Å². The van der Waals surface area contributed by atoms with E-state index < -0.39 is 0 Å². The number of pyridine rings is 1. The molecule has 4 rings (SSSR count). The van der Waals surface area contributed by atoms with Crippen molar-refractivity contribution in [2.24, 2.45) is 0 Å². The Balaban J connectivity index is 0.00000131. The van der Waals surface area contributed by atoms with Crippen LogP contribution in [0.15, 0.2) is 71.7 Å². The van der Waals surface area contributed by atoms with E-state index >= 15 is 0 Å². The number of rotatable bonds is 4. The average Bonchev–Trinajstić information content (AvgIpc) is 3.05. The molecule has 0 fully saturated rings. The summed E-state index contributed by atoms with van der Waals surface area (Å²) in [7, 11) is 0. The highest BCUT2D eigenvalue weighted by atomic mass is 127. The SMILES string of the molecule is C=C(c1ccc2ccccc2[n+]1CC)c1oc2ccccc2[n+]1CC.[I-].[I-]. The summed E-state index contributed by atoms with van der Waals surface area (Å²) < 4.78 is 10.7. The Hall–Kier alpha value is -1.48. The van der Waals surface area contributed by atoms with Gasteiger partial charge in [-0.3, -0.25) is 0 Å². The van der Waals surface area contributed by atoms with Gasteiger partial charge in [-0.2, -0.15) is 9.13 Å². The number of fused-ring (bicyclic) bond motifs is 2. The number of hydrogen-bond donors (Lipinski definition) is 0. The summed E-state index contributed by atoms with van der Waals surface area (Å²) >= 11 is 0. The number of hydrogen-bond acceptors (Lipinski definition) is 1. The zero-order chi connectivity index (χ0) is 17.4. The molecule has 0 saturated carbocycles. The minimum atomic E-state index is 0. The van der Waals surface area contributed by atoms with Crippen molar-refractivity contribution in [3.05, 3.63) is 78.8 Å². The van der Waals surface area contributed by atoms with Gasteiger partial charge in [0.1, 0.15) is 13.1 Å². The number of oxazole rings is 1. The molecule has 0 aliphatic carbocycles. The topological polar surface area (TPSA) is 20.9 Å². The van der Waals surface area contributed by atoms with Crippen LogP contribution in [0.25, 0.3) is 27.6 Å². The first-order chi connectivity index (χ1) is 12.2. The monoisotopic (exact) mass is 584 g/mol. The van der Waals surface area contributed by atoms with Crippen molar-refractivity contribution >= 4 is 27.6 Å². The molecule has 4 aromatic rings. The van der Waals surface area contributed by atoms with Crippen LogP contribution >= 0.6 is 0 Å². The van der Waals surface area contributed by atoms with Gasteiger partial charge in [0.25, 0.3) is 5.52 Å². The van der Waals surface area contributed by atoms with Crippen LogP contribution in [-0.4, -0.2) is 0 Å². The molecule has 0 bridgehead atoms. The van der Waals surface area contributed by atoms with Gasteiger partial charge < -0.3 is 52.4 Å². The second-order valence-electron chi connectivity index (χ2n) is 6.12. The van der Waals surface area contributed by atoms with E-state index in [9.17, 15) is 0 Å². The molecule has 2 heterocycles. The third kappa shape index (κ3) is 3.76. The summed E-state index contributed by atoms with van der Waals surface area (Å²) in [4.78, 5) is 0. The molecule has 0 N–H and O–H groups in total. The highest BCUT2D eigenvalue weighted by Gasteiger charge is 2.29. The van der Waals surface area contributed by atoms with E-state index in [-0.39, 0.29) is 48.0 Å². The molecule has 27 heavy (non-hydrogen) atoms. The fourth-order valence-electron chi connectivity index (χ4n) is 3.55. The van der Waals surface area contributed by atoms with Crippen molar-refractivity contribution in [3.8, 4) is 0 Å². The summed E-state index contributed by atoms with van der Waals surface area (Å²) in [5.74, 6) is 0.821. The summed E-state index contributed by atoms with van der Waals surface area (Å²) in [6, 6.07) is 20.9. The Morgan fingerprint density at radius 3 is 2.15 bits per heavy atom. The van der Waals surface area contributed by atoms with Crippen molar-refractivity contribution in [2.45, 2.75) is 26.9 Å². The zero-order valence-electron chi connectivity index (χ0n) is 15.5. The lowest BCUT2D eigenvalue weighted by atomic mass is 10.1. The van der Waals surface area contributed by atoms with Crippen molar-refractivity contribution in [3.63, 3.8) is 0 Å². The van der Waals surface area contributed by atoms with Crippen LogP contribution in [0.4, 0.5) is 0 Å². The molecule has 0 aliphatic heterocycles. The molecular formula is C22H22I2N2O. The Kier molecular flexibility index (Phi) is 7.39. The third-order valence-corrected chi connectivity index (χ3v) is 4.75. The van der Waals surface area contributed by atoms with E-state index in [1.807, 2.05) is 18.2 Å². The van der Waals surface area contributed by atoms with E-state index in [0.717, 1.165) is 41.3 Å². The number of aryl methyl sites for hydroxylation is 2. The molecule has 0 aliphatic rings. The summed E-state index contributed by atoms with van der Waals surface area (Å²) in [6.07, 6.45) is 0. The Labute approximate surface area is 193 Å². The van der Waals surface area contributed by atoms with Crippen molar-refractivity contribution in [1.82, 2.24) is 0 Å². The molecule has 0 spiro atoms. The van der Waals surface area contributed by atoms with Gasteiger partial charge in [-0.15, -0.1) is 0 Å². The lowest BCUT2D eigenvalue weighted by molar-refractivity contribution is -0.680. The third-order valence-electron chi connectivity index (χ3n) is 4.75. The predicted molar refractivity (Wildman–Crippen MR) is 100 cm³/mol. The van der Waals surface area contributed by atoms with Crippen LogP contribution in [0.5, 0.6) is 0 Å². The van der Waals surface area contributed by atoms with E-state index in [2.05, 4.69) is 72.0 Å². The van der Waals surface area contributed by atoms with E-state index in [0.29, 0.717) is 0 Å². The van der Waals surface area contributed by atoms with Gasteiger partial charge in [0.05, 0.1) is 0 Å². The molecule has 0 unspecified atom stereocenters. The molecule has 2 aromatic heterocycles. The summed E-state index contributed by atoms with van der Waals surface area (Å²) in [6.45, 7) is 10.4. The highest BCUT2D eigenvalue weighted by Crippen LogP contribution is 2.23. The Morgan fingerprint density at radius 1 is 0.815 bits per heavy atom. The minimum absolute atomic E-state index is 0. The van der Waals surface area contributed by atoms with Crippen molar-refractivity contribution in [2.75, 3.05) is 0 Å². The number of aromatic nitrogens is 2. The number of halogens is 2. The van der Waals surface area contributed by atoms with Crippen LogP contribution in [0.3, 0.4) is 0 Å². The van der Waals surface area contributed by atoms with E-state index in [4.69, 9.17) is 4.42 Å². The predicted octanol–water partition coefficient (Wildman–Crippen LogP) is -1.73. The second-order valence-corrected chi connectivity index (χ2v) is 6.12. The maximum absolute atomic E-state index is 6.17. The van der Waals surface area contributed by atoms with Gasteiger partial charge in [0.2, 0.25) is 16.8 Å². The molecule has 3 nitrogen and oxygen atoms in total.